The Labute approximate surface area is 56.6 Å². The van der Waals surface area contributed by atoms with Crippen LogP contribution in [0, 0.1) is 23.7 Å². The third-order valence-electron chi connectivity index (χ3n) is 4.11. The first kappa shape index (κ1) is 4.76. The molecule has 0 saturated heterocycles. The van der Waals surface area contributed by atoms with Gasteiger partial charge in [-0.2, -0.15) is 0 Å². The van der Waals surface area contributed by atoms with Crippen LogP contribution in [0.1, 0.15) is 32.1 Å². The lowest BCUT2D eigenvalue weighted by molar-refractivity contribution is 0.103. The summed E-state index contributed by atoms with van der Waals surface area (Å²) in [6.07, 6.45) is 7.98. The van der Waals surface area contributed by atoms with Crippen molar-refractivity contribution in [3.05, 3.63) is 0 Å². The Hall–Kier alpha value is 0. The molecule has 50 valence electrons. The Morgan fingerprint density at radius 2 is 1.22 bits per heavy atom. The molecule has 0 aromatic rings. The van der Waals surface area contributed by atoms with Crippen LogP contribution in [0.15, 0.2) is 0 Å². The van der Waals surface area contributed by atoms with E-state index in [1.807, 2.05) is 0 Å². The topological polar surface area (TPSA) is 0 Å². The van der Waals surface area contributed by atoms with E-state index in [2.05, 4.69) is 0 Å². The smallest absolute Gasteiger partial charge is 0.0355 e. The molecule has 0 nitrogen and oxygen atoms in total. The van der Waals surface area contributed by atoms with E-state index in [0.717, 1.165) is 0 Å². The fourth-order valence-corrected chi connectivity index (χ4v) is 3.55. The van der Waals surface area contributed by atoms with Gasteiger partial charge >= 0.3 is 0 Å². The van der Waals surface area contributed by atoms with Gasteiger partial charge in [-0.15, -0.1) is 0 Å². The molecular formula is C9H14. The van der Waals surface area contributed by atoms with Crippen molar-refractivity contribution in [2.75, 3.05) is 0 Å². The Morgan fingerprint density at radius 3 is 1.56 bits per heavy atom. The molecule has 9 heavy (non-hydrogen) atoms. The first-order chi connectivity index (χ1) is 4.45. The summed E-state index contributed by atoms with van der Waals surface area (Å²) in [6.45, 7) is 0. The van der Waals surface area contributed by atoms with Gasteiger partial charge in [0.15, 0.2) is 0 Å². The van der Waals surface area contributed by atoms with Gasteiger partial charge in [0.25, 0.3) is 0 Å². The van der Waals surface area contributed by atoms with Gasteiger partial charge in [0.2, 0.25) is 0 Å². The lowest BCUT2D eigenvalue weighted by atomic mass is 9.66. The molecule has 3 rings (SSSR count). The first-order valence-electron chi connectivity index (χ1n) is 4.45. The highest BCUT2D eigenvalue weighted by atomic mass is 14.6. The Morgan fingerprint density at radius 1 is 0.667 bits per heavy atom. The highest BCUT2D eigenvalue weighted by molar-refractivity contribution is 5.01. The van der Waals surface area contributed by atoms with Crippen molar-refractivity contribution >= 4 is 0 Å². The van der Waals surface area contributed by atoms with Gasteiger partial charge in [-0.25, -0.2) is 0 Å². The molecule has 3 aliphatic carbocycles. The van der Waals surface area contributed by atoms with Crippen LogP contribution in [0.3, 0.4) is 0 Å². The monoisotopic (exact) mass is 122 g/mol. The maximum Gasteiger partial charge on any atom is -0.0355 e. The molecule has 0 heteroatoms. The van der Waals surface area contributed by atoms with Gasteiger partial charge in [-0.05, 0) is 55.8 Å². The highest BCUT2D eigenvalue weighted by Gasteiger charge is 2.51. The molecule has 0 unspecified atom stereocenters. The summed E-state index contributed by atoms with van der Waals surface area (Å²) >= 11 is 0. The summed E-state index contributed by atoms with van der Waals surface area (Å²) in [5.74, 6) is 4.86. The molecule has 0 aliphatic heterocycles. The predicted octanol–water partition coefficient (Wildman–Crippen LogP) is 2.44. The second-order valence-corrected chi connectivity index (χ2v) is 4.24. The molecule has 3 saturated carbocycles. The minimum Gasteiger partial charge on any atom is -0.0499 e. The van der Waals surface area contributed by atoms with Crippen molar-refractivity contribution in [2.24, 2.45) is 23.7 Å². The van der Waals surface area contributed by atoms with Crippen molar-refractivity contribution in [2.45, 2.75) is 32.1 Å². The standard InChI is InChI=1S/C9H14/c1-2-7-5-6(1)8-3-4-9(7)8/h6-9H,1-5H2/t6-,7+,8-,9-/m1/s1. The SMILES string of the molecule is C1C[C@H]2C[C@@H]1[C@H]1CC[C@H]21. The average Bonchev–Trinajstić information content (AvgIpc) is 2.18. The summed E-state index contributed by atoms with van der Waals surface area (Å²) in [6, 6.07) is 0. The van der Waals surface area contributed by atoms with E-state index in [-0.39, 0.29) is 0 Å². The van der Waals surface area contributed by atoms with Crippen LogP contribution >= 0.6 is 0 Å². The molecule has 4 atom stereocenters. The minimum atomic E-state index is 1.20. The highest BCUT2D eigenvalue weighted by Crippen LogP contribution is 2.60. The summed E-state index contributed by atoms with van der Waals surface area (Å²) in [4.78, 5) is 0. The van der Waals surface area contributed by atoms with Crippen molar-refractivity contribution in [1.82, 2.24) is 0 Å². The van der Waals surface area contributed by atoms with E-state index in [1.165, 1.54) is 23.7 Å². The third kappa shape index (κ3) is 0.426. The molecule has 0 heterocycles. The van der Waals surface area contributed by atoms with Crippen molar-refractivity contribution in [3.63, 3.8) is 0 Å². The molecule has 2 bridgehead atoms. The molecule has 3 fully saturated rings. The van der Waals surface area contributed by atoms with E-state index in [1.54, 1.807) is 32.1 Å². The van der Waals surface area contributed by atoms with Gasteiger partial charge in [0.1, 0.15) is 0 Å². The quantitative estimate of drug-likeness (QED) is 0.463. The first-order valence-corrected chi connectivity index (χ1v) is 4.45. The Balaban J connectivity index is 1.94. The second kappa shape index (κ2) is 1.36. The summed E-state index contributed by atoms with van der Waals surface area (Å²) in [5.41, 5.74) is 0. The van der Waals surface area contributed by atoms with Crippen LogP contribution in [0.5, 0.6) is 0 Å². The third-order valence-corrected chi connectivity index (χ3v) is 4.11. The Bertz CT molecular complexity index is 119. The number of hydrogen-bond donors (Lipinski definition) is 0. The summed E-state index contributed by atoms with van der Waals surface area (Å²) in [5, 5.41) is 0. The molecule has 0 aromatic heterocycles. The molecule has 0 N–H and O–H groups in total. The van der Waals surface area contributed by atoms with Gasteiger partial charge in [-0.3, -0.25) is 0 Å². The molecule has 0 aromatic carbocycles. The van der Waals surface area contributed by atoms with Crippen LogP contribution < -0.4 is 0 Å². The Kier molecular flexibility index (Phi) is 0.717. The molecule has 3 aliphatic rings. The van der Waals surface area contributed by atoms with E-state index >= 15 is 0 Å². The number of hydrogen-bond acceptors (Lipinski definition) is 0. The molecule has 0 spiro atoms. The minimum absolute atomic E-state index is 1.20. The number of rotatable bonds is 0. The van der Waals surface area contributed by atoms with Crippen LogP contribution in [0.2, 0.25) is 0 Å². The summed E-state index contributed by atoms with van der Waals surface area (Å²) in [7, 11) is 0. The molecule has 0 radical (unpaired) electrons. The van der Waals surface area contributed by atoms with Gasteiger partial charge < -0.3 is 0 Å². The van der Waals surface area contributed by atoms with Gasteiger partial charge in [0, 0.05) is 0 Å². The maximum absolute atomic E-state index is 1.62. The lowest BCUT2D eigenvalue weighted by Crippen LogP contribution is -2.31. The van der Waals surface area contributed by atoms with E-state index < -0.39 is 0 Å². The normalized spacial score (nSPS) is 61.3. The van der Waals surface area contributed by atoms with Crippen molar-refractivity contribution in [1.29, 1.82) is 0 Å². The second-order valence-electron chi connectivity index (χ2n) is 4.24. The zero-order valence-electron chi connectivity index (χ0n) is 5.84. The van der Waals surface area contributed by atoms with Crippen molar-refractivity contribution in [3.8, 4) is 0 Å². The van der Waals surface area contributed by atoms with E-state index in [4.69, 9.17) is 0 Å². The van der Waals surface area contributed by atoms with Crippen LogP contribution in [0.4, 0.5) is 0 Å². The number of fused-ring (bicyclic) bond motifs is 5. The largest absolute Gasteiger partial charge is 0.0499 e. The molecule has 0 amide bonds. The van der Waals surface area contributed by atoms with E-state index in [0.29, 0.717) is 0 Å². The van der Waals surface area contributed by atoms with Crippen molar-refractivity contribution < 1.29 is 0 Å². The lowest BCUT2D eigenvalue weighted by Gasteiger charge is -2.40. The maximum atomic E-state index is 1.62. The molecular weight excluding hydrogens is 108 g/mol. The van der Waals surface area contributed by atoms with Crippen LogP contribution in [-0.2, 0) is 0 Å². The van der Waals surface area contributed by atoms with Crippen LogP contribution in [0.25, 0.3) is 0 Å². The fourth-order valence-electron chi connectivity index (χ4n) is 3.55. The van der Waals surface area contributed by atoms with E-state index in [9.17, 15) is 0 Å². The zero-order chi connectivity index (χ0) is 5.84. The zero-order valence-corrected chi connectivity index (χ0v) is 5.84. The van der Waals surface area contributed by atoms with Gasteiger partial charge in [0.05, 0.1) is 0 Å². The van der Waals surface area contributed by atoms with Gasteiger partial charge in [-0.1, -0.05) is 0 Å². The predicted molar refractivity (Wildman–Crippen MR) is 37.0 cm³/mol. The summed E-state index contributed by atoms with van der Waals surface area (Å²) < 4.78 is 0. The van der Waals surface area contributed by atoms with Crippen LogP contribution in [-0.4, -0.2) is 0 Å². The fraction of sp³-hybridized carbons (Fsp3) is 1.00. The average molecular weight is 122 g/mol.